The van der Waals surface area contributed by atoms with Crippen molar-refractivity contribution in [3.8, 4) is 0 Å². The van der Waals surface area contributed by atoms with Gasteiger partial charge in [-0.2, -0.15) is 5.10 Å². The molecule has 1 aliphatic rings. The highest BCUT2D eigenvalue weighted by atomic mass is 16.4. The van der Waals surface area contributed by atoms with Crippen LogP contribution in [0.5, 0.6) is 0 Å². The molecule has 20 heavy (non-hydrogen) atoms. The Bertz CT molecular complexity index is 701. The van der Waals surface area contributed by atoms with Crippen LogP contribution in [0.25, 0.3) is 10.9 Å². The lowest BCUT2D eigenvalue weighted by molar-refractivity contribution is -0.143. The molecule has 6 heteroatoms. The zero-order valence-electron chi connectivity index (χ0n) is 11.1. The van der Waals surface area contributed by atoms with Crippen molar-refractivity contribution in [1.29, 1.82) is 0 Å². The first-order chi connectivity index (χ1) is 9.53. The number of hydrogen-bond acceptors (Lipinski definition) is 3. The molecule has 1 amide bonds. The molecule has 1 aromatic heterocycles. The van der Waals surface area contributed by atoms with Crippen molar-refractivity contribution in [2.24, 2.45) is 12.5 Å². The van der Waals surface area contributed by atoms with Crippen LogP contribution in [-0.2, 0) is 11.8 Å². The van der Waals surface area contributed by atoms with Gasteiger partial charge in [0, 0.05) is 19.0 Å². The van der Waals surface area contributed by atoms with Crippen LogP contribution in [0.4, 0.5) is 0 Å². The van der Waals surface area contributed by atoms with E-state index in [1.165, 1.54) is 0 Å². The van der Waals surface area contributed by atoms with Crippen LogP contribution >= 0.6 is 0 Å². The molecular formula is C14H15N3O3. The molecule has 0 unspecified atom stereocenters. The largest absolute Gasteiger partial charge is 0.481 e. The number of carbonyl (C=O) groups excluding carboxylic acids is 1. The molecule has 2 N–H and O–H groups in total. The Morgan fingerprint density at radius 1 is 1.40 bits per heavy atom. The fraction of sp³-hybridized carbons (Fsp3) is 0.357. The Morgan fingerprint density at radius 2 is 2.10 bits per heavy atom. The van der Waals surface area contributed by atoms with E-state index in [0.717, 1.165) is 10.9 Å². The second-order valence-corrected chi connectivity index (χ2v) is 5.26. The van der Waals surface area contributed by atoms with E-state index in [1.807, 2.05) is 24.3 Å². The first-order valence-corrected chi connectivity index (χ1v) is 6.47. The molecule has 1 fully saturated rings. The summed E-state index contributed by atoms with van der Waals surface area (Å²) < 4.78 is 1.65. The van der Waals surface area contributed by atoms with Crippen LogP contribution < -0.4 is 5.32 Å². The molecule has 6 nitrogen and oxygen atoms in total. The van der Waals surface area contributed by atoms with Gasteiger partial charge in [-0.25, -0.2) is 0 Å². The molecule has 0 aliphatic heterocycles. The SMILES string of the molecule is Cn1nc(C(=O)NCC2(C(=O)O)CC2)c2ccccc21. The van der Waals surface area contributed by atoms with Gasteiger partial charge in [-0.1, -0.05) is 18.2 Å². The van der Waals surface area contributed by atoms with Crippen molar-refractivity contribution in [3.05, 3.63) is 30.0 Å². The van der Waals surface area contributed by atoms with Crippen molar-refractivity contribution < 1.29 is 14.7 Å². The van der Waals surface area contributed by atoms with Crippen LogP contribution in [0.15, 0.2) is 24.3 Å². The number of rotatable bonds is 4. The first-order valence-electron chi connectivity index (χ1n) is 6.47. The topological polar surface area (TPSA) is 84.2 Å². The Labute approximate surface area is 115 Å². The number of nitrogens with zero attached hydrogens (tertiary/aromatic N) is 2. The minimum atomic E-state index is -0.844. The normalized spacial score (nSPS) is 16.1. The molecule has 2 aromatic rings. The summed E-state index contributed by atoms with van der Waals surface area (Å²) in [4.78, 5) is 23.3. The highest BCUT2D eigenvalue weighted by molar-refractivity contribution is 6.05. The van der Waals surface area contributed by atoms with Crippen LogP contribution in [0.1, 0.15) is 23.3 Å². The van der Waals surface area contributed by atoms with E-state index in [9.17, 15) is 9.59 Å². The number of aryl methyl sites for hydroxylation is 1. The molecule has 3 rings (SSSR count). The molecule has 0 atom stereocenters. The van der Waals surface area contributed by atoms with Gasteiger partial charge in [0.2, 0.25) is 0 Å². The zero-order chi connectivity index (χ0) is 14.3. The van der Waals surface area contributed by atoms with Crippen LogP contribution in [-0.4, -0.2) is 33.3 Å². The van der Waals surface area contributed by atoms with Crippen molar-refractivity contribution in [2.45, 2.75) is 12.8 Å². The average Bonchev–Trinajstić information content (AvgIpc) is 3.17. The summed E-state index contributed by atoms with van der Waals surface area (Å²) in [5.41, 5.74) is 0.446. The summed E-state index contributed by atoms with van der Waals surface area (Å²) in [5.74, 6) is -1.17. The summed E-state index contributed by atoms with van der Waals surface area (Å²) in [6.07, 6.45) is 1.23. The number of aliphatic carboxylic acids is 1. The third kappa shape index (κ3) is 1.93. The van der Waals surface area contributed by atoms with E-state index in [4.69, 9.17) is 5.11 Å². The highest BCUT2D eigenvalue weighted by Crippen LogP contribution is 2.45. The number of benzene rings is 1. The lowest BCUT2D eigenvalue weighted by Gasteiger charge is -2.10. The number of aromatic nitrogens is 2. The van der Waals surface area contributed by atoms with Gasteiger partial charge in [0.25, 0.3) is 5.91 Å². The smallest absolute Gasteiger partial charge is 0.311 e. The van der Waals surface area contributed by atoms with Crippen LogP contribution in [0.3, 0.4) is 0 Å². The van der Waals surface area contributed by atoms with Gasteiger partial charge < -0.3 is 10.4 Å². The van der Waals surface area contributed by atoms with E-state index in [0.29, 0.717) is 18.5 Å². The van der Waals surface area contributed by atoms with Gasteiger partial charge in [-0.15, -0.1) is 0 Å². The molecule has 0 spiro atoms. The number of carboxylic acids is 1. The molecule has 1 heterocycles. The number of para-hydroxylation sites is 1. The second-order valence-electron chi connectivity index (χ2n) is 5.26. The average molecular weight is 273 g/mol. The van der Waals surface area contributed by atoms with Gasteiger partial charge >= 0.3 is 5.97 Å². The molecular weight excluding hydrogens is 258 g/mol. The number of nitrogens with one attached hydrogen (secondary N) is 1. The summed E-state index contributed by atoms with van der Waals surface area (Å²) in [5, 5.41) is 16.8. The van der Waals surface area contributed by atoms with Crippen molar-refractivity contribution in [1.82, 2.24) is 15.1 Å². The monoisotopic (exact) mass is 273 g/mol. The highest BCUT2D eigenvalue weighted by Gasteiger charge is 2.50. The summed E-state index contributed by atoms with van der Waals surface area (Å²) >= 11 is 0. The van der Waals surface area contributed by atoms with Crippen LogP contribution in [0, 0.1) is 5.41 Å². The fourth-order valence-electron chi connectivity index (χ4n) is 2.33. The molecule has 1 aromatic carbocycles. The van der Waals surface area contributed by atoms with E-state index in [1.54, 1.807) is 11.7 Å². The molecule has 1 aliphatic carbocycles. The van der Waals surface area contributed by atoms with E-state index < -0.39 is 11.4 Å². The summed E-state index contributed by atoms with van der Waals surface area (Å²) in [7, 11) is 1.78. The van der Waals surface area contributed by atoms with Crippen molar-refractivity contribution in [2.75, 3.05) is 6.54 Å². The number of carboxylic acid groups (broad SMARTS) is 1. The Balaban J connectivity index is 1.81. The summed E-state index contributed by atoms with van der Waals surface area (Å²) in [6.45, 7) is 0.159. The minimum absolute atomic E-state index is 0.159. The number of amides is 1. The van der Waals surface area contributed by atoms with Gasteiger partial charge in [-0.05, 0) is 18.9 Å². The van der Waals surface area contributed by atoms with E-state index >= 15 is 0 Å². The molecule has 104 valence electrons. The van der Waals surface area contributed by atoms with Crippen LogP contribution in [0.2, 0.25) is 0 Å². The minimum Gasteiger partial charge on any atom is -0.481 e. The number of fused-ring (bicyclic) bond motifs is 1. The zero-order valence-corrected chi connectivity index (χ0v) is 11.1. The standard InChI is InChI=1S/C14H15N3O3/c1-17-10-5-3-2-4-9(10)11(16-17)12(18)15-8-14(6-7-14)13(19)20/h2-5H,6-8H2,1H3,(H,15,18)(H,19,20). The molecule has 0 saturated heterocycles. The second kappa shape index (κ2) is 4.33. The van der Waals surface area contributed by atoms with E-state index in [-0.39, 0.29) is 12.5 Å². The fourth-order valence-corrected chi connectivity index (χ4v) is 2.33. The third-order valence-electron chi connectivity index (χ3n) is 3.87. The van der Waals surface area contributed by atoms with Gasteiger partial charge in [0.05, 0.1) is 10.9 Å². The number of hydrogen-bond donors (Lipinski definition) is 2. The Hall–Kier alpha value is -2.37. The predicted octanol–water partition coefficient (Wildman–Crippen LogP) is 1.17. The first kappa shape index (κ1) is 12.7. The molecule has 1 saturated carbocycles. The van der Waals surface area contributed by atoms with Crippen molar-refractivity contribution in [3.63, 3.8) is 0 Å². The van der Waals surface area contributed by atoms with Gasteiger partial charge in [-0.3, -0.25) is 14.3 Å². The lowest BCUT2D eigenvalue weighted by atomic mass is 10.1. The third-order valence-corrected chi connectivity index (χ3v) is 3.87. The van der Waals surface area contributed by atoms with Gasteiger partial charge in [0.1, 0.15) is 0 Å². The maximum absolute atomic E-state index is 12.2. The van der Waals surface area contributed by atoms with Gasteiger partial charge in [0.15, 0.2) is 5.69 Å². The predicted molar refractivity (Wildman–Crippen MR) is 72.4 cm³/mol. The van der Waals surface area contributed by atoms with Crippen molar-refractivity contribution >= 4 is 22.8 Å². The number of carbonyl (C=O) groups is 2. The van der Waals surface area contributed by atoms with E-state index in [2.05, 4.69) is 10.4 Å². The maximum Gasteiger partial charge on any atom is 0.311 e. The molecule has 0 radical (unpaired) electrons. The Morgan fingerprint density at radius 3 is 2.75 bits per heavy atom. The maximum atomic E-state index is 12.2. The lowest BCUT2D eigenvalue weighted by Crippen LogP contribution is -2.34. The molecule has 0 bridgehead atoms. The quantitative estimate of drug-likeness (QED) is 0.875. The summed E-state index contributed by atoms with van der Waals surface area (Å²) in [6, 6.07) is 7.45. The Kier molecular flexibility index (Phi) is 2.74.